The molecule has 0 saturated carbocycles. The summed E-state index contributed by atoms with van der Waals surface area (Å²) in [4.78, 5) is 13.3. The van der Waals surface area contributed by atoms with Crippen LogP contribution < -0.4 is 14.8 Å². The number of hydrogen-bond acceptors (Lipinski definition) is 7. The number of fused-ring (bicyclic) bond motifs is 1. The van der Waals surface area contributed by atoms with Gasteiger partial charge in [0.1, 0.15) is 13.2 Å². The average molecular weight is 417 g/mol. The van der Waals surface area contributed by atoms with E-state index in [-0.39, 0.29) is 5.91 Å². The van der Waals surface area contributed by atoms with Crippen molar-refractivity contribution in [2.75, 3.05) is 19.0 Å². The van der Waals surface area contributed by atoms with Crippen molar-refractivity contribution in [2.24, 2.45) is 0 Å². The predicted octanol–water partition coefficient (Wildman–Crippen LogP) is 3.21. The molecule has 0 aliphatic carbocycles. The molecule has 1 N–H and O–H groups in total. The van der Waals surface area contributed by atoms with Crippen molar-refractivity contribution in [1.82, 2.24) is 20.1 Å². The lowest BCUT2D eigenvalue weighted by Crippen LogP contribution is -2.24. The minimum absolute atomic E-state index is 0.0232. The highest BCUT2D eigenvalue weighted by Crippen LogP contribution is 2.34. The fraction of sp³-hybridized carbons (Fsp3) is 0.316. The minimum atomic E-state index is -0.0232. The minimum Gasteiger partial charge on any atom is -0.486 e. The highest BCUT2D eigenvalue weighted by Gasteiger charge is 2.18. The van der Waals surface area contributed by atoms with Gasteiger partial charge in [0.15, 0.2) is 22.5 Å². The normalized spacial score (nSPS) is 12.8. The van der Waals surface area contributed by atoms with E-state index in [0.29, 0.717) is 32.1 Å². The number of carbonyl (C=O) groups excluding carboxylic acids is 1. The van der Waals surface area contributed by atoms with Gasteiger partial charge in [-0.2, -0.15) is 0 Å². The van der Waals surface area contributed by atoms with Crippen molar-refractivity contribution in [3.8, 4) is 22.9 Å². The molecule has 0 atom stereocenters. The molecule has 2 aromatic heterocycles. The maximum atomic E-state index is 12.1. The molecule has 3 heterocycles. The number of amides is 1. The first kappa shape index (κ1) is 18.8. The number of nitrogens with zero attached hydrogens (tertiary/aromatic N) is 3. The van der Waals surface area contributed by atoms with E-state index in [2.05, 4.69) is 15.5 Å². The number of carbonyl (C=O) groups is 1. The van der Waals surface area contributed by atoms with Crippen molar-refractivity contribution in [1.29, 1.82) is 0 Å². The Balaban J connectivity index is 1.43. The number of benzene rings is 1. The highest BCUT2D eigenvalue weighted by molar-refractivity contribution is 7.99. The van der Waals surface area contributed by atoms with Crippen LogP contribution in [0.5, 0.6) is 11.5 Å². The molecular formula is C19H20N4O3S2. The molecule has 1 aliphatic rings. The smallest absolute Gasteiger partial charge is 0.230 e. The van der Waals surface area contributed by atoms with Gasteiger partial charge in [0.2, 0.25) is 5.91 Å². The first-order valence-electron chi connectivity index (χ1n) is 8.99. The first-order valence-corrected chi connectivity index (χ1v) is 10.9. The Bertz CT molecular complexity index is 956. The van der Waals surface area contributed by atoms with Gasteiger partial charge in [-0.05, 0) is 36.6 Å². The van der Waals surface area contributed by atoms with E-state index >= 15 is 0 Å². The van der Waals surface area contributed by atoms with E-state index in [1.165, 1.54) is 11.8 Å². The number of nitrogens with one attached hydrogen (secondary N) is 1. The molecule has 7 nitrogen and oxygen atoms in total. The summed E-state index contributed by atoms with van der Waals surface area (Å²) in [6, 6.07) is 9.75. The third-order valence-electron chi connectivity index (χ3n) is 4.21. The molecule has 28 heavy (non-hydrogen) atoms. The largest absolute Gasteiger partial charge is 0.486 e. The van der Waals surface area contributed by atoms with Crippen LogP contribution in [-0.4, -0.2) is 39.6 Å². The monoisotopic (exact) mass is 416 g/mol. The van der Waals surface area contributed by atoms with Gasteiger partial charge in [-0.25, -0.2) is 0 Å². The first-order chi connectivity index (χ1) is 13.7. The van der Waals surface area contributed by atoms with Crippen molar-refractivity contribution in [2.45, 2.75) is 25.2 Å². The van der Waals surface area contributed by atoms with Crippen LogP contribution in [0.15, 0.2) is 40.9 Å². The Hall–Kier alpha value is -2.52. The van der Waals surface area contributed by atoms with Crippen LogP contribution in [0.4, 0.5) is 0 Å². The van der Waals surface area contributed by atoms with Crippen LogP contribution in [0.1, 0.15) is 11.8 Å². The van der Waals surface area contributed by atoms with Crippen molar-refractivity contribution in [3.63, 3.8) is 0 Å². The third-order valence-corrected chi connectivity index (χ3v) is 6.05. The third kappa shape index (κ3) is 4.15. The maximum Gasteiger partial charge on any atom is 0.230 e. The lowest BCUT2D eigenvalue weighted by Gasteiger charge is -2.18. The molecule has 9 heteroatoms. The topological polar surface area (TPSA) is 78.3 Å². The molecule has 0 fully saturated rings. The van der Waals surface area contributed by atoms with Gasteiger partial charge >= 0.3 is 0 Å². The van der Waals surface area contributed by atoms with Gasteiger partial charge in [-0.1, -0.05) is 17.8 Å². The zero-order chi connectivity index (χ0) is 19.3. The number of thiophene rings is 1. The molecule has 0 saturated heterocycles. The van der Waals surface area contributed by atoms with Crippen LogP contribution in [0.3, 0.4) is 0 Å². The summed E-state index contributed by atoms with van der Waals surface area (Å²) in [6.07, 6.45) is 0. The molecule has 146 valence electrons. The van der Waals surface area contributed by atoms with Gasteiger partial charge in [-0.3, -0.25) is 4.79 Å². The zero-order valence-electron chi connectivity index (χ0n) is 15.4. The quantitative estimate of drug-likeness (QED) is 0.596. The Morgan fingerprint density at radius 3 is 2.89 bits per heavy atom. The van der Waals surface area contributed by atoms with Crippen molar-refractivity contribution >= 4 is 29.0 Å². The van der Waals surface area contributed by atoms with E-state index in [9.17, 15) is 4.79 Å². The molecule has 1 aliphatic heterocycles. The highest BCUT2D eigenvalue weighted by atomic mass is 32.2. The SMILES string of the molecule is CCn1c(SCC(=O)NCc2cccs2)nnc1-c1ccc2c(c1)OCCO2. The lowest BCUT2D eigenvalue weighted by atomic mass is 10.2. The Kier molecular flexibility index (Phi) is 5.82. The fourth-order valence-electron chi connectivity index (χ4n) is 2.86. The summed E-state index contributed by atoms with van der Waals surface area (Å²) >= 11 is 3.01. The molecule has 4 rings (SSSR count). The second-order valence-corrected chi connectivity index (χ2v) is 8.03. The average Bonchev–Trinajstić information content (AvgIpc) is 3.39. The molecular weight excluding hydrogens is 396 g/mol. The number of hydrogen-bond donors (Lipinski definition) is 1. The van der Waals surface area contributed by atoms with Gasteiger partial charge in [0.05, 0.1) is 12.3 Å². The second kappa shape index (κ2) is 8.66. The maximum absolute atomic E-state index is 12.1. The Labute approximate surface area is 171 Å². The number of ether oxygens (including phenoxy) is 2. The van der Waals surface area contributed by atoms with E-state index in [4.69, 9.17) is 9.47 Å². The second-order valence-electron chi connectivity index (χ2n) is 6.05. The fourth-order valence-corrected chi connectivity index (χ4v) is 4.33. The summed E-state index contributed by atoms with van der Waals surface area (Å²) in [5.74, 6) is 2.49. The van der Waals surface area contributed by atoms with Crippen LogP contribution in [0, 0.1) is 0 Å². The van der Waals surface area contributed by atoms with Crippen LogP contribution in [0.25, 0.3) is 11.4 Å². The summed E-state index contributed by atoms with van der Waals surface area (Å²) in [5, 5.41) is 14.3. The van der Waals surface area contributed by atoms with Crippen molar-refractivity contribution < 1.29 is 14.3 Å². The Morgan fingerprint density at radius 1 is 1.25 bits per heavy atom. The predicted molar refractivity (Wildman–Crippen MR) is 109 cm³/mol. The number of thioether (sulfide) groups is 1. The van der Waals surface area contributed by atoms with Crippen molar-refractivity contribution in [3.05, 3.63) is 40.6 Å². The van der Waals surface area contributed by atoms with Crippen LogP contribution in [-0.2, 0) is 17.9 Å². The van der Waals surface area contributed by atoms with E-state index < -0.39 is 0 Å². The summed E-state index contributed by atoms with van der Waals surface area (Å²) in [7, 11) is 0. The molecule has 0 spiro atoms. The molecule has 1 aromatic carbocycles. The molecule has 3 aromatic rings. The molecule has 0 unspecified atom stereocenters. The lowest BCUT2D eigenvalue weighted by molar-refractivity contribution is -0.118. The number of aromatic nitrogens is 3. The molecule has 1 amide bonds. The summed E-state index contributed by atoms with van der Waals surface area (Å²) in [6.45, 7) is 4.40. The van der Waals surface area contributed by atoms with Crippen LogP contribution >= 0.6 is 23.1 Å². The number of rotatable bonds is 7. The summed E-state index contributed by atoms with van der Waals surface area (Å²) in [5.41, 5.74) is 0.910. The Morgan fingerprint density at radius 2 is 2.11 bits per heavy atom. The van der Waals surface area contributed by atoms with Gasteiger partial charge < -0.3 is 19.4 Å². The van der Waals surface area contributed by atoms with Gasteiger partial charge in [0.25, 0.3) is 0 Å². The molecule has 0 bridgehead atoms. The zero-order valence-corrected chi connectivity index (χ0v) is 17.0. The van der Waals surface area contributed by atoms with Gasteiger partial charge in [0, 0.05) is 17.0 Å². The van der Waals surface area contributed by atoms with Crippen LogP contribution in [0.2, 0.25) is 0 Å². The summed E-state index contributed by atoms with van der Waals surface area (Å²) < 4.78 is 13.2. The van der Waals surface area contributed by atoms with E-state index in [0.717, 1.165) is 32.9 Å². The van der Waals surface area contributed by atoms with Gasteiger partial charge in [-0.15, -0.1) is 21.5 Å². The standard InChI is InChI=1S/C19H20N4O3S2/c1-2-23-18(13-5-6-15-16(10-13)26-8-7-25-15)21-22-19(23)28-12-17(24)20-11-14-4-3-9-27-14/h3-6,9-10H,2,7-8,11-12H2,1H3,(H,20,24). The van der Waals surface area contributed by atoms with E-state index in [1.54, 1.807) is 11.3 Å². The molecule has 0 radical (unpaired) electrons. The van der Waals surface area contributed by atoms with E-state index in [1.807, 2.05) is 47.2 Å².